The number of nitrogens with zero attached hydrogens (tertiary/aromatic N) is 3. The Kier molecular flexibility index (Phi) is 7.11. The topological polar surface area (TPSA) is 136 Å². The standard InChI is InChI=1S/C25H27N3O6S/c1-35(33,34)19-9-10-20-21(13-19)27-15-28(24(20)30)22(11-16-5-3-2-4-6-16)23(29)12-18-8-7-17(14-26-18)25(31)32/h7-10,13-16,22H,2-6,11-12H2,1H3,(H,31,32). The van der Waals surface area contributed by atoms with E-state index in [9.17, 15) is 22.8 Å². The first-order valence-electron chi connectivity index (χ1n) is 11.6. The fourth-order valence-electron chi connectivity index (χ4n) is 4.66. The Balaban J connectivity index is 1.69. The van der Waals surface area contributed by atoms with Crippen molar-refractivity contribution in [1.29, 1.82) is 0 Å². The summed E-state index contributed by atoms with van der Waals surface area (Å²) in [5.74, 6) is -1.00. The van der Waals surface area contributed by atoms with Gasteiger partial charge < -0.3 is 5.11 Å². The first-order valence-corrected chi connectivity index (χ1v) is 13.4. The molecule has 35 heavy (non-hydrogen) atoms. The summed E-state index contributed by atoms with van der Waals surface area (Å²) in [5.41, 5.74) is 0.305. The number of benzene rings is 1. The van der Waals surface area contributed by atoms with Crippen LogP contribution in [0.25, 0.3) is 10.9 Å². The molecule has 1 N–H and O–H groups in total. The van der Waals surface area contributed by atoms with Crippen LogP contribution in [0.15, 0.2) is 52.5 Å². The second kappa shape index (κ2) is 10.1. The largest absolute Gasteiger partial charge is 0.478 e. The van der Waals surface area contributed by atoms with E-state index >= 15 is 0 Å². The van der Waals surface area contributed by atoms with E-state index in [1.54, 1.807) is 0 Å². The van der Waals surface area contributed by atoms with Crippen LogP contribution in [-0.2, 0) is 21.1 Å². The van der Waals surface area contributed by atoms with Gasteiger partial charge in [-0.2, -0.15) is 0 Å². The SMILES string of the molecule is CS(=O)(=O)c1ccc2c(=O)n(C(CC3CCCCC3)C(=O)Cc3ccc(C(=O)O)cn3)cnc2c1. The predicted octanol–water partition coefficient (Wildman–Crippen LogP) is 3.22. The van der Waals surface area contributed by atoms with Gasteiger partial charge in [-0.05, 0) is 42.7 Å². The lowest BCUT2D eigenvalue weighted by Crippen LogP contribution is -2.33. The highest BCUT2D eigenvalue weighted by Crippen LogP contribution is 2.31. The van der Waals surface area contributed by atoms with Crippen LogP contribution in [0.5, 0.6) is 0 Å². The molecule has 1 aromatic carbocycles. The quantitative estimate of drug-likeness (QED) is 0.501. The minimum absolute atomic E-state index is 0.0309. The first-order chi connectivity index (χ1) is 16.6. The van der Waals surface area contributed by atoms with Gasteiger partial charge in [-0.3, -0.25) is 19.1 Å². The number of hydrogen-bond donors (Lipinski definition) is 1. The second-order valence-electron chi connectivity index (χ2n) is 9.15. The molecule has 0 spiro atoms. The fourth-order valence-corrected chi connectivity index (χ4v) is 5.30. The van der Waals surface area contributed by atoms with Crippen molar-refractivity contribution in [3.63, 3.8) is 0 Å². The molecule has 1 atom stereocenters. The van der Waals surface area contributed by atoms with Crippen LogP contribution in [0.3, 0.4) is 0 Å². The number of pyridine rings is 1. The number of rotatable bonds is 8. The number of carbonyl (C=O) groups is 2. The summed E-state index contributed by atoms with van der Waals surface area (Å²) in [4.78, 5) is 46.4. The highest BCUT2D eigenvalue weighted by molar-refractivity contribution is 7.90. The van der Waals surface area contributed by atoms with Crippen LogP contribution in [-0.4, -0.2) is 46.1 Å². The Morgan fingerprint density at radius 1 is 1.11 bits per heavy atom. The van der Waals surface area contributed by atoms with Gasteiger partial charge in [0.2, 0.25) is 0 Å². The lowest BCUT2D eigenvalue weighted by Gasteiger charge is -2.27. The van der Waals surface area contributed by atoms with Gasteiger partial charge in [0.25, 0.3) is 5.56 Å². The maximum absolute atomic E-state index is 13.5. The van der Waals surface area contributed by atoms with Gasteiger partial charge in [0.15, 0.2) is 15.6 Å². The van der Waals surface area contributed by atoms with Crippen LogP contribution in [0.2, 0.25) is 0 Å². The lowest BCUT2D eigenvalue weighted by atomic mass is 9.83. The molecule has 0 radical (unpaired) electrons. The summed E-state index contributed by atoms with van der Waals surface area (Å²) in [6, 6.07) is 6.33. The van der Waals surface area contributed by atoms with Gasteiger partial charge in [-0.25, -0.2) is 18.2 Å². The average Bonchev–Trinajstić information content (AvgIpc) is 2.83. The van der Waals surface area contributed by atoms with Crippen molar-refractivity contribution >= 4 is 32.5 Å². The molecular formula is C25H27N3O6S. The van der Waals surface area contributed by atoms with Crippen LogP contribution < -0.4 is 5.56 Å². The highest BCUT2D eigenvalue weighted by atomic mass is 32.2. The third-order valence-electron chi connectivity index (χ3n) is 6.60. The van der Waals surface area contributed by atoms with Crippen molar-refractivity contribution in [2.75, 3.05) is 6.26 Å². The summed E-state index contributed by atoms with van der Waals surface area (Å²) in [5, 5.41) is 9.31. The zero-order chi connectivity index (χ0) is 25.2. The van der Waals surface area contributed by atoms with E-state index in [-0.39, 0.29) is 33.6 Å². The highest BCUT2D eigenvalue weighted by Gasteiger charge is 2.28. The third kappa shape index (κ3) is 5.64. The van der Waals surface area contributed by atoms with E-state index in [0.29, 0.717) is 18.0 Å². The van der Waals surface area contributed by atoms with E-state index in [1.807, 2.05) is 0 Å². The summed E-state index contributed by atoms with van der Waals surface area (Å²) < 4.78 is 25.1. The molecular weight excluding hydrogens is 470 g/mol. The number of carboxylic acid groups (broad SMARTS) is 1. The average molecular weight is 498 g/mol. The minimum atomic E-state index is -3.46. The predicted molar refractivity (Wildman–Crippen MR) is 129 cm³/mol. The lowest BCUT2D eigenvalue weighted by molar-refractivity contribution is -0.122. The maximum atomic E-state index is 13.5. The molecule has 1 unspecified atom stereocenters. The van der Waals surface area contributed by atoms with Crippen LogP contribution in [0, 0.1) is 5.92 Å². The number of Topliss-reactive ketones (excluding diaryl/α,β-unsaturated/α-hetero) is 1. The van der Waals surface area contributed by atoms with Crippen LogP contribution >= 0.6 is 0 Å². The third-order valence-corrected chi connectivity index (χ3v) is 7.71. The van der Waals surface area contributed by atoms with E-state index in [4.69, 9.17) is 5.11 Å². The zero-order valence-corrected chi connectivity index (χ0v) is 20.2. The van der Waals surface area contributed by atoms with Gasteiger partial charge in [0.05, 0.1) is 40.2 Å². The first kappa shape index (κ1) is 24.7. The molecule has 2 heterocycles. The molecule has 1 aliphatic carbocycles. The molecule has 0 saturated heterocycles. The molecule has 1 aliphatic rings. The number of fused-ring (bicyclic) bond motifs is 1. The number of sulfone groups is 1. The molecule has 0 bridgehead atoms. The number of aromatic nitrogens is 3. The Morgan fingerprint density at radius 2 is 1.86 bits per heavy atom. The normalized spacial score (nSPS) is 15.7. The number of carbonyl (C=O) groups excluding carboxylic acids is 1. The van der Waals surface area contributed by atoms with Gasteiger partial charge in [-0.1, -0.05) is 32.1 Å². The van der Waals surface area contributed by atoms with Crippen molar-refractivity contribution in [2.24, 2.45) is 5.92 Å². The molecule has 184 valence electrons. The molecule has 0 aliphatic heterocycles. The van der Waals surface area contributed by atoms with Crippen molar-refractivity contribution in [3.05, 3.63) is 64.5 Å². The van der Waals surface area contributed by atoms with Crippen molar-refractivity contribution in [3.8, 4) is 0 Å². The Morgan fingerprint density at radius 3 is 2.49 bits per heavy atom. The molecule has 3 aromatic rings. The van der Waals surface area contributed by atoms with Crippen LogP contribution in [0.4, 0.5) is 0 Å². The zero-order valence-electron chi connectivity index (χ0n) is 19.4. The Labute approximate surface area is 202 Å². The number of aromatic carboxylic acids is 1. The second-order valence-corrected chi connectivity index (χ2v) is 11.2. The Hall–Kier alpha value is -3.40. The molecule has 1 fully saturated rings. The van der Waals surface area contributed by atoms with Crippen LogP contribution in [0.1, 0.15) is 60.6 Å². The number of carboxylic acids is 1. The molecule has 9 nitrogen and oxygen atoms in total. The minimum Gasteiger partial charge on any atom is -0.478 e. The molecule has 2 aromatic heterocycles. The monoisotopic (exact) mass is 497 g/mol. The summed E-state index contributed by atoms with van der Waals surface area (Å²) >= 11 is 0. The number of ketones is 1. The molecule has 0 amide bonds. The van der Waals surface area contributed by atoms with Gasteiger partial charge in [-0.15, -0.1) is 0 Å². The fraction of sp³-hybridized carbons (Fsp3) is 0.400. The maximum Gasteiger partial charge on any atom is 0.337 e. The van der Waals surface area contributed by atoms with Gasteiger partial charge in [0.1, 0.15) is 0 Å². The summed E-state index contributed by atoms with van der Waals surface area (Å²) in [7, 11) is -3.46. The van der Waals surface area contributed by atoms with Gasteiger partial charge in [0, 0.05) is 18.1 Å². The van der Waals surface area contributed by atoms with Crippen molar-refractivity contribution in [1.82, 2.24) is 14.5 Å². The van der Waals surface area contributed by atoms with E-state index in [0.717, 1.165) is 38.4 Å². The summed E-state index contributed by atoms with van der Waals surface area (Å²) in [6.07, 6.45) is 9.39. The van der Waals surface area contributed by atoms with E-state index in [2.05, 4.69) is 9.97 Å². The van der Waals surface area contributed by atoms with Gasteiger partial charge >= 0.3 is 5.97 Å². The smallest absolute Gasteiger partial charge is 0.337 e. The van der Waals surface area contributed by atoms with E-state index in [1.165, 1.54) is 47.4 Å². The number of hydrogen-bond acceptors (Lipinski definition) is 7. The molecule has 1 saturated carbocycles. The Bertz CT molecular complexity index is 1420. The molecule has 4 rings (SSSR count). The van der Waals surface area contributed by atoms with Crippen molar-refractivity contribution < 1.29 is 23.1 Å². The van der Waals surface area contributed by atoms with Crippen molar-refractivity contribution in [2.45, 2.75) is 55.9 Å². The molecule has 10 heteroatoms. The summed E-state index contributed by atoms with van der Waals surface area (Å²) in [6.45, 7) is 0. The van der Waals surface area contributed by atoms with E-state index < -0.39 is 27.4 Å².